The van der Waals surface area contributed by atoms with Crippen molar-refractivity contribution < 1.29 is 13.9 Å². The average molecular weight is 302 g/mol. The molecule has 0 spiro atoms. The molecular weight excluding hydrogens is 280 g/mol. The first kappa shape index (κ1) is 14.8. The molecule has 118 valence electrons. The first-order chi connectivity index (χ1) is 10.4. The normalized spacial score (nSPS) is 16.1. The van der Waals surface area contributed by atoms with Gasteiger partial charge in [0.2, 0.25) is 0 Å². The van der Waals surface area contributed by atoms with Crippen LogP contribution in [0.2, 0.25) is 0 Å². The van der Waals surface area contributed by atoms with Crippen LogP contribution in [-0.2, 0) is 4.74 Å². The molecule has 1 aliphatic heterocycles. The third kappa shape index (κ3) is 3.03. The van der Waals surface area contributed by atoms with Gasteiger partial charge < -0.3 is 19.0 Å². The van der Waals surface area contributed by atoms with Crippen molar-refractivity contribution in [3.63, 3.8) is 0 Å². The highest BCUT2D eigenvalue weighted by atomic mass is 16.6. The molecule has 3 rings (SSSR count). The van der Waals surface area contributed by atoms with Crippen LogP contribution in [0.3, 0.4) is 0 Å². The maximum atomic E-state index is 12.1. The monoisotopic (exact) mass is 302 g/mol. The average Bonchev–Trinajstić information content (AvgIpc) is 2.94. The van der Waals surface area contributed by atoms with Crippen LogP contribution >= 0.6 is 0 Å². The van der Waals surface area contributed by atoms with E-state index < -0.39 is 5.60 Å². The van der Waals surface area contributed by atoms with Gasteiger partial charge in [0.1, 0.15) is 11.2 Å². The Labute approximate surface area is 130 Å². The first-order valence-electron chi connectivity index (χ1n) is 7.63. The molecule has 0 saturated carbocycles. The molecule has 1 amide bonds. The van der Waals surface area contributed by atoms with Crippen molar-refractivity contribution in [3.8, 4) is 0 Å². The fraction of sp³-hybridized carbons (Fsp3) is 0.471. The number of piperazine rings is 1. The summed E-state index contributed by atoms with van der Waals surface area (Å²) in [5.41, 5.74) is 1.61. The molecule has 0 unspecified atom stereocenters. The number of benzene rings is 1. The summed E-state index contributed by atoms with van der Waals surface area (Å²) in [5.74, 6) is 0. The minimum Gasteiger partial charge on any atom is -0.464 e. The summed E-state index contributed by atoms with van der Waals surface area (Å²) < 4.78 is 10.9. The Morgan fingerprint density at radius 2 is 1.86 bits per heavy atom. The summed E-state index contributed by atoms with van der Waals surface area (Å²) in [6, 6.07) is 8.06. The highest BCUT2D eigenvalue weighted by Crippen LogP contribution is 2.28. The van der Waals surface area contributed by atoms with Crippen LogP contribution in [0.1, 0.15) is 20.8 Å². The van der Waals surface area contributed by atoms with Crippen LogP contribution in [0.15, 0.2) is 34.9 Å². The van der Waals surface area contributed by atoms with E-state index >= 15 is 0 Å². The van der Waals surface area contributed by atoms with Crippen LogP contribution in [0, 0.1) is 0 Å². The molecule has 2 heterocycles. The van der Waals surface area contributed by atoms with Crippen molar-refractivity contribution in [3.05, 3.63) is 30.5 Å². The van der Waals surface area contributed by atoms with E-state index in [4.69, 9.17) is 9.15 Å². The number of anilines is 1. The summed E-state index contributed by atoms with van der Waals surface area (Å²) >= 11 is 0. The van der Waals surface area contributed by atoms with Crippen molar-refractivity contribution in [1.29, 1.82) is 0 Å². The van der Waals surface area contributed by atoms with Gasteiger partial charge in [0.15, 0.2) is 0 Å². The largest absolute Gasteiger partial charge is 0.464 e. The molecule has 1 aromatic carbocycles. The highest BCUT2D eigenvalue weighted by Gasteiger charge is 2.26. The lowest BCUT2D eigenvalue weighted by atomic mass is 10.2. The van der Waals surface area contributed by atoms with Crippen molar-refractivity contribution in [2.75, 3.05) is 31.1 Å². The lowest BCUT2D eigenvalue weighted by molar-refractivity contribution is 0.0240. The molecule has 1 aliphatic rings. The van der Waals surface area contributed by atoms with Crippen LogP contribution in [-0.4, -0.2) is 42.8 Å². The second-order valence-corrected chi connectivity index (χ2v) is 6.56. The van der Waals surface area contributed by atoms with E-state index in [0.29, 0.717) is 13.1 Å². The predicted molar refractivity (Wildman–Crippen MR) is 86.2 cm³/mol. The van der Waals surface area contributed by atoms with Crippen LogP contribution in [0.5, 0.6) is 0 Å². The summed E-state index contributed by atoms with van der Waals surface area (Å²) in [5, 5.41) is 1.12. The number of ether oxygens (including phenoxy) is 1. The number of carbonyl (C=O) groups is 1. The van der Waals surface area contributed by atoms with E-state index in [1.165, 1.54) is 0 Å². The molecule has 22 heavy (non-hydrogen) atoms. The number of furan rings is 1. The zero-order valence-corrected chi connectivity index (χ0v) is 13.3. The molecule has 0 atom stereocenters. The minimum absolute atomic E-state index is 0.228. The Bertz CT molecular complexity index is 664. The van der Waals surface area contributed by atoms with Crippen LogP contribution in [0.4, 0.5) is 10.5 Å². The molecule has 1 fully saturated rings. The molecule has 0 bridgehead atoms. The van der Waals surface area contributed by atoms with Crippen LogP contribution < -0.4 is 4.90 Å². The predicted octanol–water partition coefficient (Wildman–Crippen LogP) is 3.49. The Morgan fingerprint density at radius 3 is 2.55 bits per heavy atom. The number of carbonyl (C=O) groups excluding carboxylic acids is 1. The third-order valence-electron chi connectivity index (χ3n) is 3.74. The van der Waals surface area contributed by atoms with Crippen molar-refractivity contribution in [1.82, 2.24) is 4.90 Å². The topological polar surface area (TPSA) is 45.9 Å². The Balaban J connectivity index is 1.67. The van der Waals surface area contributed by atoms with Gasteiger partial charge in [-0.1, -0.05) is 6.07 Å². The minimum atomic E-state index is -0.448. The number of fused-ring (bicyclic) bond motifs is 1. The Morgan fingerprint density at radius 1 is 1.14 bits per heavy atom. The Hall–Kier alpha value is -2.17. The second-order valence-electron chi connectivity index (χ2n) is 6.56. The number of hydrogen-bond acceptors (Lipinski definition) is 4. The maximum absolute atomic E-state index is 12.1. The number of hydrogen-bond donors (Lipinski definition) is 0. The summed E-state index contributed by atoms with van der Waals surface area (Å²) in [6.07, 6.45) is 1.49. The van der Waals surface area contributed by atoms with E-state index in [0.717, 1.165) is 29.7 Å². The third-order valence-corrected chi connectivity index (χ3v) is 3.74. The maximum Gasteiger partial charge on any atom is 0.410 e. The van der Waals surface area contributed by atoms with E-state index in [1.807, 2.05) is 39.0 Å². The molecule has 2 aromatic rings. The van der Waals surface area contributed by atoms with Gasteiger partial charge >= 0.3 is 6.09 Å². The van der Waals surface area contributed by atoms with Crippen molar-refractivity contribution >= 4 is 22.7 Å². The first-order valence-corrected chi connectivity index (χ1v) is 7.63. The summed E-state index contributed by atoms with van der Waals surface area (Å²) in [7, 11) is 0. The lowest BCUT2D eigenvalue weighted by Gasteiger charge is -2.37. The van der Waals surface area contributed by atoms with E-state index in [9.17, 15) is 4.79 Å². The molecule has 0 radical (unpaired) electrons. The standard InChI is InChI=1S/C17H22N2O3/c1-17(2,3)22-16(20)19-10-8-18(9-11-19)14-5-4-6-15-13(14)7-12-21-15/h4-7,12H,8-11H2,1-3H3. The van der Waals surface area contributed by atoms with E-state index in [1.54, 1.807) is 11.2 Å². The number of nitrogens with zero attached hydrogens (tertiary/aromatic N) is 2. The van der Waals surface area contributed by atoms with Gasteiger partial charge in [-0.2, -0.15) is 0 Å². The molecule has 0 aliphatic carbocycles. The molecular formula is C17H22N2O3. The zero-order chi connectivity index (χ0) is 15.7. The quantitative estimate of drug-likeness (QED) is 0.809. The van der Waals surface area contributed by atoms with Gasteiger partial charge in [-0.3, -0.25) is 0 Å². The molecule has 1 saturated heterocycles. The molecule has 5 nitrogen and oxygen atoms in total. The van der Waals surface area contributed by atoms with Gasteiger partial charge in [-0.15, -0.1) is 0 Å². The van der Waals surface area contributed by atoms with Crippen molar-refractivity contribution in [2.24, 2.45) is 0 Å². The SMILES string of the molecule is CC(C)(C)OC(=O)N1CCN(c2cccc3occc23)CC1. The summed E-state index contributed by atoms with van der Waals surface area (Å²) in [4.78, 5) is 16.2. The lowest BCUT2D eigenvalue weighted by Crippen LogP contribution is -2.50. The van der Waals surface area contributed by atoms with Gasteiger partial charge in [0.25, 0.3) is 0 Å². The van der Waals surface area contributed by atoms with Gasteiger partial charge in [0, 0.05) is 37.3 Å². The molecule has 1 aromatic heterocycles. The fourth-order valence-electron chi connectivity index (χ4n) is 2.71. The highest BCUT2D eigenvalue weighted by molar-refractivity contribution is 5.91. The second kappa shape index (κ2) is 5.55. The van der Waals surface area contributed by atoms with Gasteiger partial charge in [-0.25, -0.2) is 4.79 Å². The summed E-state index contributed by atoms with van der Waals surface area (Å²) in [6.45, 7) is 8.60. The Kier molecular flexibility index (Phi) is 3.72. The zero-order valence-electron chi connectivity index (χ0n) is 13.3. The van der Waals surface area contributed by atoms with E-state index in [-0.39, 0.29) is 6.09 Å². The van der Waals surface area contributed by atoms with Crippen LogP contribution in [0.25, 0.3) is 11.0 Å². The number of amides is 1. The fourth-order valence-corrected chi connectivity index (χ4v) is 2.71. The molecule has 5 heteroatoms. The smallest absolute Gasteiger partial charge is 0.410 e. The van der Waals surface area contributed by atoms with Crippen molar-refractivity contribution in [2.45, 2.75) is 26.4 Å². The van der Waals surface area contributed by atoms with E-state index in [2.05, 4.69) is 11.0 Å². The van der Waals surface area contributed by atoms with Gasteiger partial charge in [-0.05, 0) is 39.0 Å². The van der Waals surface area contributed by atoms with Gasteiger partial charge in [0.05, 0.1) is 6.26 Å². The molecule has 0 N–H and O–H groups in total. The number of rotatable bonds is 1.